The number of aryl methyl sites for hydroxylation is 1. The Balaban J connectivity index is 1.56. The van der Waals surface area contributed by atoms with E-state index >= 15 is 0 Å². The van der Waals surface area contributed by atoms with E-state index in [1.165, 1.54) is 57.1 Å². The van der Waals surface area contributed by atoms with Gasteiger partial charge in [-0.25, -0.2) is 13.2 Å². The molecule has 0 aliphatic heterocycles. The van der Waals surface area contributed by atoms with Crippen LogP contribution in [0.2, 0.25) is 0 Å². The van der Waals surface area contributed by atoms with Gasteiger partial charge in [0.15, 0.2) is 11.6 Å². The van der Waals surface area contributed by atoms with Gasteiger partial charge in [0.1, 0.15) is 5.82 Å². The molecule has 0 amide bonds. The molecule has 1 nitrogen and oxygen atoms in total. The minimum Gasteiger partial charge on any atom is -0.399 e. The molecule has 1 aliphatic carbocycles. The number of hydrogen-bond donors (Lipinski definition) is 0. The molecule has 0 heterocycles. The second kappa shape index (κ2) is 11.5. The Kier molecular flexibility index (Phi) is 8.94. The van der Waals surface area contributed by atoms with Crippen molar-refractivity contribution in [1.82, 2.24) is 0 Å². The van der Waals surface area contributed by atoms with Gasteiger partial charge < -0.3 is 4.74 Å². The van der Waals surface area contributed by atoms with E-state index in [4.69, 9.17) is 0 Å². The summed E-state index contributed by atoms with van der Waals surface area (Å²) in [4.78, 5) is 0. The van der Waals surface area contributed by atoms with Crippen LogP contribution in [0.25, 0.3) is 11.1 Å². The molecular weight excluding hydrogens is 454 g/mol. The van der Waals surface area contributed by atoms with Gasteiger partial charge in [-0.15, -0.1) is 13.2 Å². The van der Waals surface area contributed by atoms with Crippen molar-refractivity contribution in [1.29, 1.82) is 0 Å². The van der Waals surface area contributed by atoms with Gasteiger partial charge in [-0.05, 0) is 59.9 Å². The van der Waals surface area contributed by atoms with Crippen LogP contribution in [0.15, 0.2) is 30.3 Å². The van der Waals surface area contributed by atoms with E-state index in [0.29, 0.717) is 24.5 Å². The fourth-order valence-electron chi connectivity index (χ4n) is 4.87. The Morgan fingerprint density at radius 1 is 0.853 bits per heavy atom. The van der Waals surface area contributed by atoms with Crippen LogP contribution in [-0.4, -0.2) is 6.36 Å². The van der Waals surface area contributed by atoms with Crippen molar-refractivity contribution >= 4 is 0 Å². The lowest BCUT2D eigenvalue weighted by Crippen LogP contribution is -2.19. The summed E-state index contributed by atoms with van der Waals surface area (Å²) in [6, 6.07) is 5.73. The van der Waals surface area contributed by atoms with Gasteiger partial charge in [0, 0.05) is 5.56 Å². The van der Waals surface area contributed by atoms with E-state index < -0.39 is 29.6 Å². The van der Waals surface area contributed by atoms with E-state index in [0.717, 1.165) is 23.8 Å². The lowest BCUT2D eigenvalue weighted by Gasteiger charge is -2.28. The van der Waals surface area contributed by atoms with Gasteiger partial charge in [0.25, 0.3) is 0 Å². The third-order valence-corrected chi connectivity index (χ3v) is 6.76. The van der Waals surface area contributed by atoms with Crippen LogP contribution in [0.5, 0.6) is 5.75 Å². The van der Waals surface area contributed by atoms with Crippen LogP contribution < -0.4 is 4.74 Å². The van der Waals surface area contributed by atoms with Gasteiger partial charge in [0.05, 0.1) is 0 Å². The zero-order valence-electron chi connectivity index (χ0n) is 19.7. The third-order valence-electron chi connectivity index (χ3n) is 6.76. The summed E-state index contributed by atoms with van der Waals surface area (Å²) in [5.41, 5.74) is 0.518. The standard InChI is InChI=1S/C27H32F6O/c1-17(2)4-3-5-18-6-8-19(9-7-18)10-11-20-12-13-22(23(28)14-20)21-15-24(29)26(25(30)16-21)34-27(31,32)33/h12-19H,3-11H2,1-2H3. The van der Waals surface area contributed by atoms with Gasteiger partial charge >= 0.3 is 6.36 Å². The number of benzene rings is 2. The molecule has 1 aliphatic rings. The molecule has 0 unspecified atom stereocenters. The smallest absolute Gasteiger partial charge is 0.399 e. The highest BCUT2D eigenvalue weighted by Crippen LogP contribution is 2.36. The molecular formula is C27H32F6O. The number of hydrogen-bond acceptors (Lipinski definition) is 1. The van der Waals surface area contributed by atoms with Crippen molar-refractivity contribution in [2.75, 3.05) is 0 Å². The average molecular weight is 487 g/mol. The molecule has 0 spiro atoms. The minimum atomic E-state index is -5.23. The molecule has 0 atom stereocenters. The van der Waals surface area contributed by atoms with E-state index in [9.17, 15) is 26.3 Å². The Labute approximate surface area is 197 Å². The quantitative estimate of drug-likeness (QED) is 0.321. The number of halogens is 6. The van der Waals surface area contributed by atoms with Crippen molar-refractivity contribution in [3.63, 3.8) is 0 Å². The van der Waals surface area contributed by atoms with E-state index in [-0.39, 0.29) is 11.1 Å². The summed E-state index contributed by atoms with van der Waals surface area (Å²) in [5, 5.41) is 0. The fraction of sp³-hybridized carbons (Fsp3) is 0.556. The molecule has 0 N–H and O–H groups in total. The zero-order valence-corrected chi connectivity index (χ0v) is 19.7. The minimum absolute atomic E-state index is 0.0815. The summed E-state index contributed by atoms with van der Waals surface area (Å²) < 4.78 is 83.1. The molecule has 2 aromatic rings. The van der Waals surface area contributed by atoms with Gasteiger partial charge in [-0.2, -0.15) is 0 Å². The van der Waals surface area contributed by atoms with Crippen molar-refractivity contribution in [3.05, 3.63) is 53.3 Å². The molecule has 1 fully saturated rings. The van der Waals surface area contributed by atoms with Gasteiger partial charge in [-0.1, -0.05) is 70.9 Å². The van der Waals surface area contributed by atoms with Crippen molar-refractivity contribution < 1.29 is 31.1 Å². The molecule has 3 rings (SSSR count). The highest BCUT2D eigenvalue weighted by atomic mass is 19.4. The summed E-state index contributed by atoms with van der Waals surface area (Å²) in [6.45, 7) is 4.51. The first kappa shape index (κ1) is 26.4. The predicted molar refractivity (Wildman–Crippen MR) is 121 cm³/mol. The largest absolute Gasteiger partial charge is 0.573 e. The Bertz CT molecular complexity index is 922. The monoisotopic (exact) mass is 486 g/mol. The molecule has 7 heteroatoms. The summed E-state index contributed by atoms with van der Waals surface area (Å²) in [7, 11) is 0. The van der Waals surface area contributed by atoms with Gasteiger partial charge in [-0.3, -0.25) is 0 Å². The first-order chi connectivity index (χ1) is 16.0. The van der Waals surface area contributed by atoms with E-state index in [2.05, 4.69) is 18.6 Å². The first-order valence-corrected chi connectivity index (χ1v) is 12.1. The lowest BCUT2D eigenvalue weighted by atomic mass is 9.77. The molecule has 0 radical (unpaired) electrons. The van der Waals surface area contributed by atoms with Crippen LogP contribution >= 0.6 is 0 Å². The molecule has 0 aromatic heterocycles. The second-order valence-corrected chi connectivity index (χ2v) is 9.88. The summed E-state index contributed by atoms with van der Waals surface area (Å²) in [5.74, 6) is -3.12. The van der Waals surface area contributed by atoms with Crippen LogP contribution in [0.4, 0.5) is 26.3 Å². The lowest BCUT2D eigenvalue weighted by molar-refractivity contribution is -0.276. The van der Waals surface area contributed by atoms with Crippen LogP contribution in [0, 0.1) is 35.2 Å². The summed E-state index contributed by atoms with van der Waals surface area (Å²) >= 11 is 0. The number of alkyl halides is 3. The highest BCUT2D eigenvalue weighted by Gasteiger charge is 2.34. The number of rotatable bonds is 9. The summed E-state index contributed by atoms with van der Waals surface area (Å²) in [6.07, 6.45) is 5.21. The van der Waals surface area contributed by atoms with Crippen molar-refractivity contribution in [2.45, 2.75) is 78.0 Å². The Morgan fingerprint density at radius 3 is 1.97 bits per heavy atom. The maximum atomic E-state index is 14.7. The van der Waals surface area contributed by atoms with E-state index in [1.54, 1.807) is 6.07 Å². The molecule has 2 aromatic carbocycles. The van der Waals surface area contributed by atoms with Crippen LogP contribution in [0.3, 0.4) is 0 Å². The topological polar surface area (TPSA) is 9.23 Å². The highest BCUT2D eigenvalue weighted by molar-refractivity contribution is 5.65. The molecule has 1 saturated carbocycles. The second-order valence-electron chi connectivity index (χ2n) is 9.88. The normalized spacial score (nSPS) is 19.0. The van der Waals surface area contributed by atoms with Crippen LogP contribution in [-0.2, 0) is 6.42 Å². The molecule has 34 heavy (non-hydrogen) atoms. The average Bonchev–Trinajstić information content (AvgIpc) is 2.75. The maximum absolute atomic E-state index is 14.7. The first-order valence-electron chi connectivity index (χ1n) is 12.1. The third kappa shape index (κ3) is 7.67. The maximum Gasteiger partial charge on any atom is 0.573 e. The van der Waals surface area contributed by atoms with E-state index in [1.807, 2.05) is 0 Å². The molecule has 188 valence electrons. The predicted octanol–water partition coefficient (Wildman–Crippen LogP) is 9.23. The fourth-order valence-corrected chi connectivity index (χ4v) is 4.87. The number of ether oxygens (including phenoxy) is 1. The molecule has 0 saturated heterocycles. The van der Waals surface area contributed by atoms with Gasteiger partial charge in [0.2, 0.25) is 5.75 Å². The Hall–Kier alpha value is -2.18. The van der Waals surface area contributed by atoms with Crippen molar-refractivity contribution in [2.24, 2.45) is 17.8 Å². The SMILES string of the molecule is CC(C)CCCC1CCC(CCc2ccc(-c3cc(F)c(OC(F)(F)F)c(F)c3)c(F)c2)CC1. The Morgan fingerprint density at radius 2 is 1.44 bits per heavy atom. The molecule has 0 bridgehead atoms. The zero-order chi connectivity index (χ0) is 24.9. The van der Waals surface area contributed by atoms with Crippen LogP contribution in [0.1, 0.15) is 70.8 Å². The van der Waals surface area contributed by atoms with Crippen molar-refractivity contribution in [3.8, 4) is 16.9 Å².